The second-order valence-corrected chi connectivity index (χ2v) is 5.55. The van der Waals surface area contributed by atoms with E-state index in [1.807, 2.05) is 12.1 Å². The maximum absolute atomic E-state index is 5.45. The third-order valence-corrected chi connectivity index (χ3v) is 3.88. The SMILES string of the molecule is CCC(C)CC(C)NCc1cc(OC)c(OC)cc1OC. The second-order valence-electron chi connectivity index (χ2n) is 5.55. The highest BCUT2D eigenvalue weighted by Crippen LogP contribution is 2.34. The predicted molar refractivity (Wildman–Crippen MR) is 86.5 cm³/mol. The molecule has 21 heavy (non-hydrogen) atoms. The van der Waals surface area contributed by atoms with E-state index in [9.17, 15) is 0 Å². The van der Waals surface area contributed by atoms with Crippen molar-refractivity contribution in [2.24, 2.45) is 5.92 Å². The van der Waals surface area contributed by atoms with Crippen LogP contribution in [-0.4, -0.2) is 27.4 Å². The van der Waals surface area contributed by atoms with Gasteiger partial charge in [-0.15, -0.1) is 0 Å². The van der Waals surface area contributed by atoms with Gasteiger partial charge in [-0.2, -0.15) is 0 Å². The van der Waals surface area contributed by atoms with E-state index < -0.39 is 0 Å². The van der Waals surface area contributed by atoms with E-state index in [0.717, 1.165) is 29.5 Å². The van der Waals surface area contributed by atoms with E-state index >= 15 is 0 Å². The lowest BCUT2D eigenvalue weighted by Gasteiger charge is -2.19. The standard InChI is InChI=1S/C17H29NO3/c1-7-12(2)8-13(3)18-11-14-9-16(20-5)17(21-6)10-15(14)19-4/h9-10,12-13,18H,7-8,11H2,1-6H3. The Kier molecular flexibility index (Phi) is 7.37. The number of hydrogen-bond acceptors (Lipinski definition) is 4. The Morgan fingerprint density at radius 2 is 1.52 bits per heavy atom. The molecular formula is C17H29NO3. The molecule has 0 bridgehead atoms. The molecule has 120 valence electrons. The van der Waals surface area contributed by atoms with Crippen molar-refractivity contribution in [2.75, 3.05) is 21.3 Å². The van der Waals surface area contributed by atoms with Gasteiger partial charge >= 0.3 is 0 Å². The van der Waals surface area contributed by atoms with E-state index in [1.54, 1.807) is 21.3 Å². The molecule has 2 atom stereocenters. The molecule has 0 aromatic heterocycles. The van der Waals surface area contributed by atoms with Crippen LogP contribution in [0, 0.1) is 5.92 Å². The number of nitrogens with one attached hydrogen (secondary N) is 1. The lowest BCUT2D eigenvalue weighted by Crippen LogP contribution is -2.27. The molecular weight excluding hydrogens is 266 g/mol. The maximum Gasteiger partial charge on any atom is 0.164 e. The van der Waals surface area contributed by atoms with Crippen LogP contribution in [0.1, 0.15) is 39.2 Å². The first-order valence-electron chi connectivity index (χ1n) is 7.57. The fourth-order valence-electron chi connectivity index (χ4n) is 2.37. The molecule has 1 aromatic rings. The summed E-state index contributed by atoms with van der Waals surface area (Å²) in [7, 11) is 4.95. The van der Waals surface area contributed by atoms with E-state index in [4.69, 9.17) is 14.2 Å². The summed E-state index contributed by atoms with van der Waals surface area (Å²) in [5.41, 5.74) is 1.08. The van der Waals surface area contributed by atoms with Crippen molar-refractivity contribution in [1.82, 2.24) is 5.32 Å². The van der Waals surface area contributed by atoms with Gasteiger partial charge in [-0.25, -0.2) is 0 Å². The quantitative estimate of drug-likeness (QED) is 0.755. The smallest absolute Gasteiger partial charge is 0.164 e. The van der Waals surface area contributed by atoms with Crippen LogP contribution in [0.25, 0.3) is 0 Å². The molecule has 0 aliphatic carbocycles. The third kappa shape index (κ3) is 5.12. The molecule has 1 rings (SSSR count). The molecule has 2 unspecified atom stereocenters. The zero-order valence-electron chi connectivity index (χ0n) is 14.2. The highest BCUT2D eigenvalue weighted by atomic mass is 16.5. The monoisotopic (exact) mass is 295 g/mol. The average Bonchev–Trinajstić information content (AvgIpc) is 2.51. The zero-order chi connectivity index (χ0) is 15.8. The molecule has 0 fully saturated rings. The minimum atomic E-state index is 0.470. The van der Waals surface area contributed by atoms with Crippen molar-refractivity contribution in [3.05, 3.63) is 17.7 Å². The normalized spacial score (nSPS) is 13.6. The molecule has 4 heteroatoms. The van der Waals surface area contributed by atoms with Crippen molar-refractivity contribution in [3.63, 3.8) is 0 Å². The Labute approximate surface area is 128 Å². The van der Waals surface area contributed by atoms with Gasteiger partial charge in [0.15, 0.2) is 11.5 Å². The summed E-state index contributed by atoms with van der Waals surface area (Å²) in [5.74, 6) is 2.96. The molecule has 0 aliphatic rings. The lowest BCUT2D eigenvalue weighted by atomic mass is 10.0. The Bertz CT molecular complexity index is 434. The minimum absolute atomic E-state index is 0.470. The summed E-state index contributed by atoms with van der Waals surface area (Å²) in [5, 5.41) is 3.55. The molecule has 4 nitrogen and oxygen atoms in total. The van der Waals surface area contributed by atoms with Crippen LogP contribution in [0.3, 0.4) is 0 Å². The number of ether oxygens (including phenoxy) is 3. The van der Waals surface area contributed by atoms with Gasteiger partial charge < -0.3 is 19.5 Å². The van der Waals surface area contributed by atoms with Crippen LogP contribution in [0.4, 0.5) is 0 Å². The number of hydrogen-bond donors (Lipinski definition) is 1. The highest BCUT2D eigenvalue weighted by molar-refractivity contribution is 5.50. The summed E-state index contributed by atoms with van der Waals surface area (Å²) in [6, 6.07) is 4.31. The van der Waals surface area contributed by atoms with E-state index in [-0.39, 0.29) is 0 Å². The van der Waals surface area contributed by atoms with Crippen LogP contribution < -0.4 is 19.5 Å². The summed E-state index contributed by atoms with van der Waals surface area (Å²) >= 11 is 0. The summed E-state index contributed by atoms with van der Waals surface area (Å²) in [6.45, 7) is 7.49. The third-order valence-electron chi connectivity index (χ3n) is 3.88. The van der Waals surface area contributed by atoms with Gasteiger partial charge in [0.05, 0.1) is 21.3 Å². The molecule has 0 saturated heterocycles. The van der Waals surface area contributed by atoms with Crippen molar-refractivity contribution >= 4 is 0 Å². The number of methoxy groups -OCH3 is 3. The van der Waals surface area contributed by atoms with Gasteiger partial charge in [0, 0.05) is 24.2 Å². The Balaban J connectivity index is 2.77. The number of rotatable bonds is 9. The fraction of sp³-hybridized carbons (Fsp3) is 0.647. The van der Waals surface area contributed by atoms with Crippen molar-refractivity contribution in [2.45, 2.75) is 46.2 Å². The average molecular weight is 295 g/mol. The van der Waals surface area contributed by atoms with Gasteiger partial charge in [-0.05, 0) is 25.3 Å². The van der Waals surface area contributed by atoms with Crippen LogP contribution >= 0.6 is 0 Å². The van der Waals surface area contributed by atoms with E-state index in [0.29, 0.717) is 11.8 Å². The predicted octanol–water partition coefficient (Wildman–Crippen LogP) is 3.63. The summed E-state index contributed by atoms with van der Waals surface area (Å²) in [4.78, 5) is 0. The summed E-state index contributed by atoms with van der Waals surface area (Å²) < 4.78 is 16.1. The highest BCUT2D eigenvalue weighted by Gasteiger charge is 2.13. The van der Waals surface area contributed by atoms with Gasteiger partial charge in [0.25, 0.3) is 0 Å². The molecule has 1 aromatic carbocycles. The first kappa shape index (κ1) is 17.6. The topological polar surface area (TPSA) is 39.7 Å². The second kappa shape index (κ2) is 8.78. The van der Waals surface area contributed by atoms with Crippen molar-refractivity contribution < 1.29 is 14.2 Å². The Morgan fingerprint density at radius 1 is 0.952 bits per heavy atom. The van der Waals surface area contributed by atoms with Gasteiger partial charge in [0.1, 0.15) is 5.75 Å². The van der Waals surface area contributed by atoms with Crippen molar-refractivity contribution in [1.29, 1.82) is 0 Å². The molecule has 0 amide bonds. The van der Waals surface area contributed by atoms with Gasteiger partial charge in [-0.3, -0.25) is 0 Å². The minimum Gasteiger partial charge on any atom is -0.496 e. The number of benzene rings is 1. The molecule has 0 heterocycles. The first-order chi connectivity index (χ1) is 10.0. The van der Waals surface area contributed by atoms with Crippen LogP contribution in [0.2, 0.25) is 0 Å². The van der Waals surface area contributed by atoms with Crippen molar-refractivity contribution in [3.8, 4) is 17.2 Å². The summed E-state index contributed by atoms with van der Waals surface area (Å²) in [6.07, 6.45) is 2.39. The lowest BCUT2D eigenvalue weighted by molar-refractivity contribution is 0.346. The van der Waals surface area contributed by atoms with Crippen LogP contribution in [-0.2, 0) is 6.54 Å². The Hall–Kier alpha value is -1.42. The Morgan fingerprint density at radius 3 is 2.05 bits per heavy atom. The molecule has 0 aliphatic heterocycles. The molecule has 0 spiro atoms. The molecule has 1 N–H and O–H groups in total. The first-order valence-corrected chi connectivity index (χ1v) is 7.57. The largest absolute Gasteiger partial charge is 0.496 e. The fourth-order valence-corrected chi connectivity index (χ4v) is 2.37. The van der Waals surface area contributed by atoms with Crippen LogP contribution in [0.15, 0.2) is 12.1 Å². The van der Waals surface area contributed by atoms with E-state index in [2.05, 4.69) is 26.1 Å². The maximum atomic E-state index is 5.45. The molecule has 0 radical (unpaired) electrons. The zero-order valence-corrected chi connectivity index (χ0v) is 14.2. The van der Waals surface area contributed by atoms with Gasteiger partial charge in [-0.1, -0.05) is 20.3 Å². The van der Waals surface area contributed by atoms with E-state index in [1.165, 1.54) is 12.8 Å². The van der Waals surface area contributed by atoms with Gasteiger partial charge in [0.2, 0.25) is 0 Å². The molecule has 0 saturated carbocycles. The van der Waals surface area contributed by atoms with Crippen LogP contribution in [0.5, 0.6) is 17.2 Å².